The predicted molar refractivity (Wildman–Crippen MR) is 126 cm³/mol. The molecule has 0 unspecified atom stereocenters. The molecule has 1 aromatic carbocycles. The van der Waals surface area contributed by atoms with Crippen molar-refractivity contribution in [3.8, 4) is 10.7 Å². The Kier molecular flexibility index (Phi) is 6.78. The van der Waals surface area contributed by atoms with Crippen molar-refractivity contribution in [2.24, 2.45) is 7.05 Å². The summed E-state index contributed by atoms with van der Waals surface area (Å²) in [4.78, 5) is 19.8. The number of hydrogen-bond donors (Lipinski definition) is 1. The van der Waals surface area contributed by atoms with E-state index in [2.05, 4.69) is 9.71 Å². The fourth-order valence-electron chi connectivity index (χ4n) is 3.27. The van der Waals surface area contributed by atoms with E-state index in [1.54, 1.807) is 60.7 Å². The van der Waals surface area contributed by atoms with Gasteiger partial charge in [0.25, 0.3) is 15.9 Å². The summed E-state index contributed by atoms with van der Waals surface area (Å²) in [5.74, 6) is -0.0624. The molecular formula is C21H25ClN4O3S2. The number of rotatable bonds is 7. The van der Waals surface area contributed by atoms with Crippen LogP contribution < -0.4 is 4.72 Å². The van der Waals surface area contributed by atoms with E-state index in [4.69, 9.17) is 11.6 Å². The lowest BCUT2D eigenvalue weighted by Crippen LogP contribution is -2.30. The summed E-state index contributed by atoms with van der Waals surface area (Å²) >= 11 is 7.25. The summed E-state index contributed by atoms with van der Waals surface area (Å²) in [7, 11) is -2.06. The molecule has 0 radical (unpaired) electrons. The van der Waals surface area contributed by atoms with Gasteiger partial charge in [-0.05, 0) is 52.0 Å². The van der Waals surface area contributed by atoms with Crippen LogP contribution in [0.3, 0.4) is 0 Å². The SMILES string of the molecule is CCN(CC)C(=O)c1sc(-c2cc(S(=O)(=O)Nc3cccc(Cl)c3)c(C)n2C)nc1C. The summed E-state index contributed by atoms with van der Waals surface area (Å²) < 4.78 is 30.4. The second kappa shape index (κ2) is 9.02. The maximum absolute atomic E-state index is 13.0. The summed E-state index contributed by atoms with van der Waals surface area (Å²) in [5.41, 5.74) is 2.22. The van der Waals surface area contributed by atoms with Crippen molar-refractivity contribution in [1.82, 2.24) is 14.5 Å². The fourth-order valence-corrected chi connectivity index (χ4v) is 5.89. The molecular weight excluding hydrogens is 456 g/mol. The van der Waals surface area contributed by atoms with Crippen molar-refractivity contribution in [3.05, 3.63) is 51.6 Å². The van der Waals surface area contributed by atoms with Gasteiger partial charge in [0.05, 0.1) is 17.1 Å². The highest BCUT2D eigenvalue weighted by atomic mass is 35.5. The number of sulfonamides is 1. The van der Waals surface area contributed by atoms with Crippen LogP contribution in [0.2, 0.25) is 5.02 Å². The van der Waals surface area contributed by atoms with Crippen molar-refractivity contribution in [2.45, 2.75) is 32.6 Å². The van der Waals surface area contributed by atoms with Crippen LogP contribution in [0.4, 0.5) is 5.69 Å². The third-order valence-electron chi connectivity index (χ3n) is 5.12. The van der Waals surface area contributed by atoms with Crippen LogP contribution in [0.15, 0.2) is 35.2 Å². The lowest BCUT2D eigenvalue weighted by molar-refractivity contribution is 0.0777. The highest BCUT2D eigenvalue weighted by Crippen LogP contribution is 2.33. The number of nitrogens with zero attached hydrogens (tertiary/aromatic N) is 3. The molecule has 0 atom stereocenters. The van der Waals surface area contributed by atoms with Gasteiger partial charge in [-0.3, -0.25) is 9.52 Å². The van der Waals surface area contributed by atoms with Crippen molar-refractivity contribution in [2.75, 3.05) is 17.8 Å². The molecule has 0 saturated carbocycles. The number of thiazole rings is 1. The van der Waals surface area contributed by atoms with Crippen LogP contribution in [0.5, 0.6) is 0 Å². The van der Waals surface area contributed by atoms with Gasteiger partial charge in [0.1, 0.15) is 14.8 Å². The van der Waals surface area contributed by atoms with E-state index >= 15 is 0 Å². The maximum Gasteiger partial charge on any atom is 0.265 e. The molecule has 0 bridgehead atoms. The summed E-state index contributed by atoms with van der Waals surface area (Å²) in [6.07, 6.45) is 0. The number of nitrogens with one attached hydrogen (secondary N) is 1. The summed E-state index contributed by atoms with van der Waals surface area (Å²) in [5, 5.41) is 1.04. The van der Waals surface area contributed by atoms with Gasteiger partial charge in [-0.1, -0.05) is 17.7 Å². The van der Waals surface area contributed by atoms with Gasteiger partial charge >= 0.3 is 0 Å². The molecule has 3 rings (SSSR count). The van der Waals surface area contributed by atoms with Crippen molar-refractivity contribution in [1.29, 1.82) is 0 Å². The molecule has 31 heavy (non-hydrogen) atoms. The Balaban J connectivity index is 2.00. The van der Waals surface area contributed by atoms with Crippen LogP contribution >= 0.6 is 22.9 Å². The number of benzene rings is 1. The van der Waals surface area contributed by atoms with Gasteiger partial charge in [0, 0.05) is 30.9 Å². The minimum atomic E-state index is -3.84. The Morgan fingerprint density at radius 3 is 2.52 bits per heavy atom. The van der Waals surface area contributed by atoms with E-state index in [9.17, 15) is 13.2 Å². The smallest absolute Gasteiger partial charge is 0.265 e. The average molecular weight is 481 g/mol. The third kappa shape index (κ3) is 4.63. The van der Waals surface area contributed by atoms with Crippen LogP contribution in [0.25, 0.3) is 10.7 Å². The highest BCUT2D eigenvalue weighted by molar-refractivity contribution is 7.92. The molecule has 1 N–H and O–H groups in total. The Morgan fingerprint density at radius 1 is 1.23 bits per heavy atom. The van der Waals surface area contributed by atoms with E-state index in [1.807, 2.05) is 13.8 Å². The first-order chi connectivity index (χ1) is 14.6. The number of amides is 1. The largest absolute Gasteiger partial charge is 0.345 e. The Labute approximate surface area is 191 Å². The zero-order chi connectivity index (χ0) is 22.9. The second-order valence-corrected chi connectivity index (χ2v) is 10.2. The standard InChI is InChI=1S/C21H25ClN4O3S2/c1-6-26(7-2)21(27)19-13(3)23-20(30-19)17-12-18(14(4)25(17)5)31(28,29)24-16-10-8-9-15(22)11-16/h8-12,24H,6-7H2,1-5H3. The van der Waals surface area contributed by atoms with Gasteiger partial charge in [0.2, 0.25) is 0 Å². The molecule has 2 heterocycles. The molecule has 10 heteroatoms. The Bertz CT molecular complexity index is 1230. The van der Waals surface area contributed by atoms with Crippen LogP contribution in [0, 0.1) is 13.8 Å². The summed E-state index contributed by atoms with van der Waals surface area (Å²) in [6, 6.07) is 8.13. The fraction of sp³-hybridized carbons (Fsp3) is 0.333. The normalized spacial score (nSPS) is 11.5. The lowest BCUT2D eigenvalue weighted by Gasteiger charge is -2.17. The molecule has 3 aromatic rings. The maximum atomic E-state index is 13.0. The van der Waals surface area contributed by atoms with E-state index in [1.165, 1.54) is 11.3 Å². The molecule has 0 aliphatic rings. The molecule has 0 aliphatic carbocycles. The first-order valence-corrected chi connectivity index (χ1v) is 12.5. The zero-order valence-electron chi connectivity index (χ0n) is 18.1. The van der Waals surface area contributed by atoms with Crippen LogP contribution in [0.1, 0.15) is 34.9 Å². The van der Waals surface area contributed by atoms with E-state index in [0.29, 0.717) is 50.8 Å². The van der Waals surface area contributed by atoms with Gasteiger partial charge in [0.15, 0.2) is 0 Å². The monoisotopic (exact) mass is 480 g/mol. The van der Waals surface area contributed by atoms with Gasteiger partial charge in [-0.25, -0.2) is 13.4 Å². The first kappa shape index (κ1) is 23.3. The van der Waals surface area contributed by atoms with E-state index in [-0.39, 0.29) is 10.8 Å². The van der Waals surface area contributed by atoms with Gasteiger partial charge in [-0.2, -0.15) is 0 Å². The van der Waals surface area contributed by atoms with E-state index < -0.39 is 10.0 Å². The number of anilines is 1. The molecule has 0 fully saturated rings. The molecule has 2 aromatic heterocycles. The summed E-state index contributed by atoms with van der Waals surface area (Å²) in [6.45, 7) is 8.63. The van der Waals surface area contributed by atoms with Crippen molar-refractivity contribution < 1.29 is 13.2 Å². The molecule has 7 nitrogen and oxygen atoms in total. The van der Waals surface area contributed by atoms with Crippen LogP contribution in [-0.2, 0) is 17.1 Å². The zero-order valence-corrected chi connectivity index (χ0v) is 20.5. The quantitative estimate of drug-likeness (QED) is 0.531. The number of aromatic nitrogens is 2. The topological polar surface area (TPSA) is 84.3 Å². The van der Waals surface area contributed by atoms with E-state index in [0.717, 1.165) is 0 Å². The average Bonchev–Trinajstić information content (AvgIpc) is 3.23. The third-order valence-corrected chi connectivity index (χ3v) is 8.02. The molecule has 0 spiro atoms. The Morgan fingerprint density at radius 2 is 1.90 bits per heavy atom. The molecule has 0 saturated heterocycles. The number of carbonyl (C=O) groups excluding carboxylic acids is 1. The van der Waals surface area contributed by atoms with Crippen molar-refractivity contribution in [3.63, 3.8) is 0 Å². The van der Waals surface area contributed by atoms with Crippen LogP contribution in [-0.4, -0.2) is 41.9 Å². The molecule has 0 aliphatic heterocycles. The minimum Gasteiger partial charge on any atom is -0.345 e. The molecule has 166 valence electrons. The lowest BCUT2D eigenvalue weighted by atomic mass is 10.3. The number of aryl methyl sites for hydroxylation is 1. The second-order valence-electron chi connectivity index (χ2n) is 7.07. The first-order valence-electron chi connectivity index (χ1n) is 9.80. The minimum absolute atomic E-state index is 0.0624. The van der Waals surface area contributed by atoms with Crippen molar-refractivity contribution >= 4 is 44.6 Å². The predicted octanol–water partition coefficient (Wildman–Crippen LogP) is 4.70. The highest BCUT2D eigenvalue weighted by Gasteiger charge is 2.26. The van der Waals surface area contributed by atoms with Gasteiger partial charge < -0.3 is 9.47 Å². The number of carbonyl (C=O) groups is 1. The molecule has 1 amide bonds. The Hall–Kier alpha value is -2.36. The number of hydrogen-bond acceptors (Lipinski definition) is 5. The van der Waals surface area contributed by atoms with Gasteiger partial charge in [-0.15, -0.1) is 11.3 Å². The number of halogens is 1.